The van der Waals surface area contributed by atoms with Gasteiger partial charge in [-0.15, -0.1) is 0 Å². The highest BCUT2D eigenvalue weighted by atomic mass is 16.5. The molecular weight excluding hydrogens is 220 g/mol. The van der Waals surface area contributed by atoms with Gasteiger partial charge in [-0.1, -0.05) is 5.16 Å². The number of unbranched alkanes of at least 4 members (excludes halogenated alkanes) is 2. The first-order valence-corrected chi connectivity index (χ1v) is 5.87. The lowest BCUT2D eigenvalue weighted by atomic mass is 10.1. The zero-order valence-corrected chi connectivity index (χ0v) is 10.7. The molecule has 0 bridgehead atoms. The van der Waals surface area contributed by atoms with E-state index in [0.717, 1.165) is 19.3 Å². The number of rotatable bonds is 6. The van der Waals surface area contributed by atoms with Crippen LogP contribution >= 0.6 is 0 Å². The molecular formula is C12H20N2O3. The fraction of sp³-hybridized carbons (Fsp3) is 0.667. The standard InChI is InChI=1S/C12H20N2O3/c1-9-11(10(2)17-13-9)12(16)14(3)7-5-4-6-8-15/h15H,4-8H2,1-3H3. The molecule has 1 N–H and O–H groups in total. The van der Waals surface area contributed by atoms with Crippen LogP contribution in [0.4, 0.5) is 0 Å². The molecule has 0 unspecified atom stereocenters. The third-order valence-corrected chi connectivity index (χ3v) is 2.75. The molecule has 17 heavy (non-hydrogen) atoms. The van der Waals surface area contributed by atoms with E-state index in [0.29, 0.717) is 23.6 Å². The van der Waals surface area contributed by atoms with E-state index in [1.807, 2.05) is 0 Å². The second-order valence-corrected chi connectivity index (χ2v) is 4.21. The Morgan fingerprint density at radius 2 is 2.06 bits per heavy atom. The van der Waals surface area contributed by atoms with Crippen LogP contribution in [-0.4, -0.2) is 41.3 Å². The summed E-state index contributed by atoms with van der Waals surface area (Å²) in [7, 11) is 1.77. The van der Waals surface area contributed by atoms with Gasteiger partial charge in [0.2, 0.25) is 0 Å². The molecule has 5 nitrogen and oxygen atoms in total. The van der Waals surface area contributed by atoms with Gasteiger partial charge in [-0.2, -0.15) is 0 Å². The third kappa shape index (κ3) is 3.56. The molecule has 0 aliphatic heterocycles. The lowest BCUT2D eigenvalue weighted by Crippen LogP contribution is -2.28. The number of aryl methyl sites for hydroxylation is 2. The zero-order valence-electron chi connectivity index (χ0n) is 10.7. The smallest absolute Gasteiger partial charge is 0.259 e. The molecule has 1 amide bonds. The minimum atomic E-state index is -0.0507. The molecule has 0 radical (unpaired) electrons. The van der Waals surface area contributed by atoms with Crippen LogP contribution in [0.2, 0.25) is 0 Å². The number of aliphatic hydroxyl groups is 1. The monoisotopic (exact) mass is 240 g/mol. The molecule has 0 atom stereocenters. The van der Waals surface area contributed by atoms with Crippen molar-refractivity contribution in [3.8, 4) is 0 Å². The molecule has 1 heterocycles. The predicted molar refractivity (Wildman–Crippen MR) is 63.9 cm³/mol. The molecule has 0 aromatic carbocycles. The van der Waals surface area contributed by atoms with Crippen molar-refractivity contribution in [3.63, 3.8) is 0 Å². The molecule has 0 aliphatic carbocycles. The maximum absolute atomic E-state index is 12.1. The Morgan fingerprint density at radius 1 is 1.35 bits per heavy atom. The van der Waals surface area contributed by atoms with Gasteiger partial charge in [-0.3, -0.25) is 4.79 Å². The van der Waals surface area contributed by atoms with Crippen molar-refractivity contribution in [3.05, 3.63) is 17.0 Å². The summed E-state index contributed by atoms with van der Waals surface area (Å²) in [6.07, 6.45) is 2.61. The SMILES string of the molecule is Cc1noc(C)c1C(=O)N(C)CCCCCO. The van der Waals surface area contributed by atoms with Gasteiger partial charge in [-0.25, -0.2) is 0 Å². The minimum absolute atomic E-state index is 0.0507. The molecule has 0 aliphatic rings. The second-order valence-electron chi connectivity index (χ2n) is 4.21. The minimum Gasteiger partial charge on any atom is -0.396 e. The van der Waals surface area contributed by atoms with Crippen molar-refractivity contribution < 1.29 is 14.4 Å². The number of hydrogen-bond acceptors (Lipinski definition) is 4. The summed E-state index contributed by atoms with van der Waals surface area (Å²) in [6.45, 7) is 4.40. The van der Waals surface area contributed by atoms with Gasteiger partial charge in [-0.05, 0) is 33.1 Å². The normalized spacial score (nSPS) is 10.6. The Hall–Kier alpha value is -1.36. The van der Waals surface area contributed by atoms with Crippen LogP contribution in [0, 0.1) is 13.8 Å². The van der Waals surface area contributed by atoms with E-state index >= 15 is 0 Å². The number of aromatic nitrogens is 1. The summed E-state index contributed by atoms with van der Waals surface area (Å²) in [5, 5.41) is 12.4. The number of carbonyl (C=O) groups is 1. The van der Waals surface area contributed by atoms with Gasteiger partial charge in [0.25, 0.3) is 5.91 Å². The van der Waals surface area contributed by atoms with E-state index in [2.05, 4.69) is 5.16 Å². The van der Waals surface area contributed by atoms with Crippen LogP contribution in [0.25, 0.3) is 0 Å². The summed E-state index contributed by atoms with van der Waals surface area (Å²) in [6, 6.07) is 0. The van der Waals surface area contributed by atoms with E-state index in [-0.39, 0.29) is 12.5 Å². The van der Waals surface area contributed by atoms with Crippen molar-refractivity contribution in [1.29, 1.82) is 0 Å². The van der Waals surface area contributed by atoms with Gasteiger partial charge < -0.3 is 14.5 Å². The first kappa shape index (κ1) is 13.7. The number of amides is 1. The van der Waals surface area contributed by atoms with Crippen LogP contribution in [0.5, 0.6) is 0 Å². The number of aliphatic hydroxyl groups excluding tert-OH is 1. The highest BCUT2D eigenvalue weighted by Gasteiger charge is 2.20. The largest absolute Gasteiger partial charge is 0.396 e. The molecule has 1 aromatic heterocycles. The summed E-state index contributed by atoms with van der Waals surface area (Å²) in [4.78, 5) is 13.8. The van der Waals surface area contributed by atoms with Crippen LogP contribution < -0.4 is 0 Å². The molecule has 1 rings (SSSR count). The molecule has 5 heteroatoms. The molecule has 0 spiro atoms. The van der Waals surface area contributed by atoms with Gasteiger partial charge in [0, 0.05) is 20.2 Å². The number of nitrogens with zero attached hydrogens (tertiary/aromatic N) is 2. The quantitative estimate of drug-likeness (QED) is 0.766. The Bertz CT molecular complexity index is 354. The molecule has 0 saturated carbocycles. The van der Waals surface area contributed by atoms with Crippen molar-refractivity contribution in [1.82, 2.24) is 10.1 Å². The van der Waals surface area contributed by atoms with Crippen LogP contribution in [-0.2, 0) is 0 Å². The lowest BCUT2D eigenvalue weighted by molar-refractivity contribution is 0.0790. The van der Waals surface area contributed by atoms with E-state index < -0.39 is 0 Å². The van der Waals surface area contributed by atoms with Crippen LogP contribution in [0.15, 0.2) is 4.52 Å². The number of hydrogen-bond donors (Lipinski definition) is 1. The molecule has 96 valence electrons. The van der Waals surface area contributed by atoms with E-state index in [1.54, 1.807) is 25.8 Å². The van der Waals surface area contributed by atoms with Crippen LogP contribution in [0.1, 0.15) is 41.1 Å². The lowest BCUT2D eigenvalue weighted by Gasteiger charge is -2.16. The third-order valence-electron chi connectivity index (χ3n) is 2.75. The Kier molecular flexibility index (Phi) is 5.15. The fourth-order valence-electron chi connectivity index (χ4n) is 1.72. The predicted octanol–water partition coefficient (Wildman–Crippen LogP) is 1.53. The summed E-state index contributed by atoms with van der Waals surface area (Å²) < 4.78 is 4.98. The first-order chi connectivity index (χ1) is 8.07. The zero-order chi connectivity index (χ0) is 12.8. The summed E-state index contributed by atoms with van der Waals surface area (Å²) >= 11 is 0. The van der Waals surface area contributed by atoms with Gasteiger partial charge in [0.1, 0.15) is 11.3 Å². The van der Waals surface area contributed by atoms with Crippen molar-refractivity contribution in [2.75, 3.05) is 20.2 Å². The average molecular weight is 240 g/mol. The second kappa shape index (κ2) is 6.39. The van der Waals surface area contributed by atoms with E-state index in [4.69, 9.17) is 9.63 Å². The van der Waals surface area contributed by atoms with Gasteiger partial charge >= 0.3 is 0 Å². The van der Waals surface area contributed by atoms with Gasteiger partial charge in [0.05, 0.1) is 5.69 Å². The summed E-state index contributed by atoms with van der Waals surface area (Å²) in [5.41, 5.74) is 1.20. The average Bonchev–Trinajstić information content (AvgIpc) is 2.63. The first-order valence-electron chi connectivity index (χ1n) is 5.87. The molecule has 1 aromatic rings. The van der Waals surface area contributed by atoms with Gasteiger partial charge in [0.15, 0.2) is 0 Å². The summed E-state index contributed by atoms with van der Waals surface area (Å²) in [5.74, 6) is 0.514. The number of carbonyl (C=O) groups excluding carboxylic acids is 1. The molecule has 0 saturated heterocycles. The fourth-order valence-corrected chi connectivity index (χ4v) is 1.72. The Labute approximate surface area is 101 Å². The van der Waals surface area contributed by atoms with E-state index in [9.17, 15) is 4.79 Å². The highest BCUT2D eigenvalue weighted by molar-refractivity contribution is 5.95. The molecule has 0 fully saturated rings. The van der Waals surface area contributed by atoms with Crippen molar-refractivity contribution in [2.45, 2.75) is 33.1 Å². The van der Waals surface area contributed by atoms with Crippen molar-refractivity contribution >= 4 is 5.91 Å². The maximum atomic E-state index is 12.1. The van der Waals surface area contributed by atoms with Crippen molar-refractivity contribution in [2.24, 2.45) is 0 Å². The van der Waals surface area contributed by atoms with Crippen LogP contribution in [0.3, 0.4) is 0 Å². The van der Waals surface area contributed by atoms with E-state index in [1.165, 1.54) is 0 Å². The highest BCUT2D eigenvalue weighted by Crippen LogP contribution is 2.14. The maximum Gasteiger partial charge on any atom is 0.259 e. The Morgan fingerprint density at radius 3 is 2.59 bits per heavy atom. The Balaban J connectivity index is 2.52. The topological polar surface area (TPSA) is 66.6 Å².